The first-order valence-electron chi connectivity index (χ1n) is 4.44. The van der Waals surface area contributed by atoms with E-state index in [4.69, 9.17) is 0 Å². The van der Waals surface area contributed by atoms with Gasteiger partial charge < -0.3 is 5.32 Å². The van der Waals surface area contributed by atoms with E-state index >= 15 is 0 Å². The maximum Gasteiger partial charge on any atom is 0.0280 e. The fraction of sp³-hybridized carbons (Fsp3) is 0.800. The molecule has 0 aromatic rings. The lowest BCUT2D eigenvalue weighted by Crippen LogP contribution is -2.30. The van der Waals surface area contributed by atoms with Crippen LogP contribution in [0.5, 0.6) is 0 Å². The predicted octanol–water partition coefficient (Wildman–Crippen LogP) is 2.79. The van der Waals surface area contributed by atoms with Crippen LogP contribution in [0.15, 0.2) is 12.8 Å². The average molecular weight is 155 g/mol. The molecule has 0 fully saturated rings. The maximum atomic E-state index is 3.68. The Labute approximate surface area is 70.9 Å². The lowest BCUT2D eigenvalue weighted by atomic mass is 9.95. The van der Waals surface area contributed by atoms with Crippen molar-refractivity contribution < 1.29 is 0 Å². The molecule has 0 saturated carbocycles. The largest absolute Gasteiger partial charge is 0.388 e. The minimum atomic E-state index is 0.590. The quantitative estimate of drug-likeness (QED) is 0.643. The molecule has 0 aliphatic carbocycles. The van der Waals surface area contributed by atoms with Crippen LogP contribution in [0.25, 0.3) is 0 Å². The van der Waals surface area contributed by atoms with E-state index in [0.717, 1.165) is 5.92 Å². The molecule has 0 heterocycles. The summed E-state index contributed by atoms with van der Waals surface area (Å²) < 4.78 is 0. The van der Waals surface area contributed by atoms with Crippen molar-refractivity contribution in [2.24, 2.45) is 11.8 Å². The molecule has 11 heavy (non-hydrogen) atoms. The Kier molecular flexibility index (Phi) is 5.01. The number of hydrogen-bond acceptors (Lipinski definition) is 1. The molecule has 0 amide bonds. The lowest BCUT2D eigenvalue weighted by Gasteiger charge is -2.22. The Morgan fingerprint density at radius 3 is 2.09 bits per heavy atom. The van der Waals surface area contributed by atoms with E-state index in [1.807, 2.05) is 0 Å². The van der Waals surface area contributed by atoms with Crippen LogP contribution in [-0.2, 0) is 0 Å². The Balaban J connectivity index is 3.78. The zero-order chi connectivity index (χ0) is 8.85. The summed E-state index contributed by atoms with van der Waals surface area (Å²) in [6.45, 7) is 12.7. The molecule has 66 valence electrons. The summed E-state index contributed by atoms with van der Waals surface area (Å²) in [6.07, 6.45) is 3.02. The maximum absolute atomic E-state index is 3.68. The molecule has 0 saturated heterocycles. The van der Waals surface area contributed by atoms with E-state index in [-0.39, 0.29) is 0 Å². The first-order chi connectivity index (χ1) is 5.07. The molecule has 0 aliphatic heterocycles. The van der Waals surface area contributed by atoms with Gasteiger partial charge in [-0.3, -0.25) is 0 Å². The summed E-state index contributed by atoms with van der Waals surface area (Å²) in [6, 6.07) is 0.590. The standard InChI is InChI=1S/C10H21N/c1-6-11-10(9(4)5)7-8(2)3/h6,8-11H,1,7H2,2-5H3. The van der Waals surface area contributed by atoms with Crippen molar-refractivity contribution in [1.29, 1.82) is 0 Å². The average Bonchev–Trinajstić information content (AvgIpc) is 1.86. The van der Waals surface area contributed by atoms with E-state index in [9.17, 15) is 0 Å². The second-order valence-electron chi connectivity index (χ2n) is 3.85. The topological polar surface area (TPSA) is 12.0 Å². The smallest absolute Gasteiger partial charge is 0.0280 e. The molecule has 1 atom stereocenters. The second-order valence-corrected chi connectivity index (χ2v) is 3.85. The Bertz CT molecular complexity index is 105. The van der Waals surface area contributed by atoms with E-state index in [0.29, 0.717) is 12.0 Å². The molecular formula is C10H21N. The highest BCUT2D eigenvalue weighted by Gasteiger charge is 2.12. The van der Waals surface area contributed by atoms with E-state index in [2.05, 4.69) is 39.6 Å². The molecule has 0 aliphatic rings. The molecule has 1 heteroatoms. The highest BCUT2D eigenvalue weighted by atomic mass is 14.9. The van der Waals surface area contributed by atoms with Gasteiger partial charge >= 0.3 is 0 Å². The Morgan fingerprint density at radius 2 is 1.82 bits per heavy atom. The molecule has 1 unspecified atom stereocenters. The van der Waals surface area contributed by atoms with Gasteiger partial charge in [0.1, 0.15) is 0 Å². The molecule has 0 aromatic heterocycles. The van der Waals surface area contributed by atoms with Crippen LogP contribution in [0, 0.1) is 11.8 Å². The summed E-state index contributed by atoms with van der Waals surface area (Å²) in [4.78, 5) is 0. The van der Waals surface area contributed by atoms with Crippen LogP contribution in [-0.4, -0.2) is 6.04 Å². The summed E-state index contributed by atoms with van der Waals surface area (Å²) in [5.74, 6) is 1.45. The zero-order valence-corrected chi connectivity index (χ0v) is 8.22. The third-order valence-electron chi connectivity index (χ3n) is 1.86. The van der Waals surface area contributed by atoms with Crippen LogP contribution >= 0.6 is 0 Å². The fourth-order valence-electron chi connectivity index (χ4n) is 1.19. The van der Waals surface area contributed by atoms with Gasteiger partial charge in [0.15, 0.2) is 0 Å². The third-order valence-corrected chi connectivity index (χ3v) is 1.86. The minimum absolute atomic E-state index is 0.590. The van der Waals surface area contributed by atoms with Crippen molar-refractivity contribution in [2.45, 2.75) is 40.2 Å². The molecular weight excluding hydrogens is 134 g/mol. The highest BCUT2D eigenvalue weighted by molar-refractivity contribution is 4.77. The predicted molar refractivity (Wildman–Crippen MR) is 51.4 cm³/mol. The van der Waals surface area contributed by atoms with Gasteiger partial charge in [-0.05, 0) is 24.5 Å². The van der Waals surface area contributed by atoms with Crippen molar-refractivity contribution in [1.82, 2.24) is 5.32 Å². The van der Waals surface area contributed by atoms with Gasteiger partial charge in [-0.25, -0.2) is 0 Å². The van der Waals surface area contributed by atoms with Gasteiger partial charge in [0.25, 0.3) is 0 Å². The van der Waals surface area contributed by atoms with Gasteiger partial charge in [-0.1, -0.05) is 34.3 Å². The molecule has 0 radical (unpaired) electrons. The molecule has 0 spiro atoms. The fourth-order valence-corrected chi connectivity index (χ4v) is 1.19. The van der Waals surface area contributed by atoms with Gasteiger partial charge in [0, 0.05) is 6.04 Å². The van der Waals surface area contributed by atoms with Crippen LogP contribution in [0.1, 0.15) is 34.1 Å². The molecule has 0 aromatic carbocycles. The molecule has 0 rings (SSSR count). The number of hydrogen-bond donors (Lipinski definition) is 1. The van der Waals surface area contributed by atoms with Gasteiger partial charge in [0.2, 0.25) is 0 Å². The van der Waals surface area contributed by atoms with Gasteiger partial charge in [0.05, 0.1) is 0 Å². The lowest BCUT2D eigenvalue weighted by molar-refractivity contribution is 0.368. The first kappa shape index (κ1) is 10.5. The Hall–Kier alpha value is -0.460. The van der Waals surface area contributed by atoms with E-state index < -0.39 is 0 Å². The summed E-state index contributed by atoms with van der Waals surface area (Å²) in [7, 11) is 0. The monoisotopic (exact) mass is 155 g/mol. The van der Waals surface area contributed by atoms with Crippen molar-refractivity contribution >= 4 is 0 Å². The zero-order valence-electron chi connectivity index (χ0n) is 8.22. The number of rotatable bonds is 5. The summed E-state index contributed by atoms with van der Waals surface area (Å²) >= 11 is 0. The third kappa shape index (κ3) is 4.88. The van der Waals surface area contributed by atoms with Crippen molar-refractivity contribution in [3.8, 4) is 0 Å². The molecule has 0 bridgehead atoms. The van der Waals surface area contributed by atoms with Crippen LogP contribution in [0.4, 0.5) is 0 Å². The normalized spacial score (nSPS) is 13.6. The van der Waals surface area contributed by atoms with Crippen molar-refractivity contribution in [3.05, 3.63) is 12.8 Å². The second kappa shape index (κ2) is 5.22. The van der Waals surface area contributed by atoms with E-state index in [1.54, 1.807) is 6.20 Å². The van der Waals surface area contributed by atoms with Crippen molar-refractivity contribution in [2.75, 3.05) is 0 Å². The summed E-state index contributed by atoms with van der Waals surface area (Å²) in [5.41, 5.74) is 0. The molecule has 1 N–H and O–H groups in total. The highest BCUT2D eigenvalue weighted by Crippen LogP contribution is 2.12. The van der Waals surface area contributed by atoms with Gasteiger partial charge in [-0.15, -0.1) is 0 Å². The van der Waals surface area contributed by atoms with Crippen LogP contribution < -0.4 is 5.32 Å². The SMILES string of the molecule is C=CNC(CC(C)C)C(C)C. The Morgan fingerprint density at radius 1 is 1.27 bits per heavy atom. The van der Waals surface area contributed by atoms with E-state index in [1.165, 1.54) is 6.42 Å². The first-order valence-corrected chi connectivity index (χ1v) is 4.44. The van der Waals surface area contributed by atoms with Crippen molar-refractivity contribution in [3.63, 3.8) is 0 Å². The van der Waals surface area contributed by atoms with Gasteiger partial charge in [-0.2, -0.15) is 0 Å². The van der Waals surface area contributed by atoms with Crippen LogP contribution in [0.2, 0.25) is 0 Å². The van der Waals surface area contributed by atoms with Crippen LogP contribution in [0.3, 0.4) is 0 Å². The molecule has 1 nitrogen and oxygen atoms in total. The number of nitrogens with one attached hydrogen (secondary N) is 1. The minimum Gasteiger partial charge on any atom is -0.388 e. The summed E-state index contributed by atoms with van der Waals surface area (Å²) in [5, 5.41) is 3.28.